The predicted octanol–water partition coefficient (Wildman–Crippen LogP) is 6.15. The average Bonchev–Trinajstić information content (AvgIpc) is 3.16. The zero-order valence-corrected chi connectivity index (χ0v) is 18.8. The first-order valence-electron chi connectivity index (χ1n) is 9.29. The molecule has 1 heterocycles. The maximum atomic E-state index is 13.5. The van der Waals surface area contributed by atoms with Gasteiger partial charge in [-0.2, -0.15) is 0 Å². The number of benzene rings is 3. The Morgan fingerprint density at radius 1 is 1.07 bits per heavy atom. The monoisotopic (exact) mass is 514 g/mol. The van der Waals surface area contributed by atoms with E-state index in [9.17, 15) is 4.79 Å². The number of hydrogen-bond donors (Lipinski definition) is 0. The van der Waals surface area contributed by atoms with Gasteiger partial charge in [-0.15, -0.1) is 0 Å². The molecule has 0 aliphatic heterocycles. The van der Waals surface area contributed by atoms with E-state index >= 15 is 0 Å². The summed E-state index contributed by atoms with van der Waals surface area (Å²) in [4.78, 5) is 20.0. The molecule has 0 fully saturated rings. The standard InChI is InChI=1S/C23H19IN2O2S/c1-2-28-17-12-13-20-21(14-17)29-23(25-20)26(15-16-8-4-3-5-9-16)22(27)18-10-6-7-11-19(18)24/h3-14H,2,15H2,1H3. The van der Waals surface area contributed by atoms with Crippen molar-refractivity contribution >= 4 is 55.2 Å². The molecular weight excluding hydrogens is 495 g/mol. The molecule has 0 aliphatic rings. The fourth-order valence-corrected chi connectivity index (χ4v) is 4.65. The first kappa shape index (κ1) is 19.8. The van der Waals surface area contributed by atoms with E-state index in [2.05, 4.69) is 22.6 Å². The smallest absolute Gasteiger partial charge is 0.261 e. The van der Waals surface area contributed by atoms with Crippen molar-refractivity contribution < 1.29 is 9.53 Å². The molecule has 0 saturated carbocycles. The number of hydrogen-bond acceptors (Lipinski definition) is 4. The van der Waals surface area contributed by atoms with Crippen molar-refractivity contribution in [3.05, 3.63) is 87.5 Å². The topological polar surface area (TPSA) is 42.4 Å². The van der Waals surface area contributed by atoms with Crippen LogP contribution in [0.2, 0.25) is 0 Å². The quantitative estimate of drug-likeness (QED) is 0.290. The SMILES string of the molecule is CCOc1ccc2nc(N(Cc3ccccc3)C(=O)c3ccccc3I)sc2c1. The molecule has 0 radical (unpaired) electrons. The Labute approximate surface area is 187 Å². The number of carbonyl (C=O) groups excluding carboxylic acids is 1. The third-order valence-electron chi connectivity index (χ3n) is 4.42. The summed E-state index contributed by atoms with van der Waals surface area (Å²) in [5.41, 5.74) is 2.60. The second-order valence-electron chi connectivity index (χ2n) is 6.42. The summed E-state index contributed by atoms with van der Waals surface area (Å²) in [6.45, 7) is 3.04. The number of aromatic nitrogens is 1. The molecule has 3 aromatic carbocycles. The van der Waals surface area contributed by atoms with Crippen LogP contribution in [0.25, 0.3) is 10.2 Å². The molecule has 1 amide bonds. The lowest BCUT2D eigenvalue weighted by molar-refractivity contribution is 0.0984. The van der Waals surface area contributed by atoms with Crippen molar-refractivity contribution in [1.29, 1.82) is 0 Å². The molecule has 4 aromatic rings. The minimum atomic E-state index is -0.0528. The van der Waals surface area contributed by atoms with Crippen LogP contribution in [-0.2, 0) is 6.54 Å². The number of thiazole rings is 1. The second kappa shape index (κ2) is 8.92. The van der Waals surface area contributed by atoms with E-state index in [0.29, 0.717) is 23.8 Å². The van der Waals surface area contributed by atoms with E-state index in [1.807, 2.05) is 79.7 Å². The maximum absolute atomic E-state index is 13.5. The van der Waals surface area contributed by atoms with Crippen LogP contribution in [0.15, 0.2) is 72.8 Å². The van der Waals surface area contributed by atoms with Crippen molar-refractivity contribution in [1.82, 2.24) is 4.98 Å². The van der Waals surface area contributed by atoms with Crippen LogP contribution in [0.4, 0.5) is 5.13 Å². The van der Waals surface area contributed by atoms with Gasteiger partial charge in [-0.3, -0.25) is 9.69 Å². The Morgan fingerprint density at radius 2 is 1.83 bits per heavy atom. The summed E-state index contributed by atoms with van der Waals surface area (Å²) in [5, 5.41) is 0.683. The fourth-order valence-electron chi connectivity index (χ4n) is 3.04. The number of ether oxygens (including phenoxy) is 1. The number of halogens is 1. The van der Waals surface area contributed by atoms with E-state index in [-0.39, 0.29) is 5.91 Å². The van der Waals surface area contributed by atoms with Crippen LogP contribution < -0.4 is 9.64 Å². The van der Waals surface area contributed by atoms with E-state index in [1.54, 1.807) is 4.90 Å². The molecule has 1 aromatic heterocycles. The number of nitrogens with zero attached hydrogens (tertiary/aromatic N) is 2. The van der Waals surface area contributed by atoms with Crippen molar-refractivity contribution in [3.8, 4) is 5.75 Å². The minimum Gasteiger partial charge on any atom is -0.494 e. The molecule has 0 atom stereocenters. The van der Waals surface area contributed by atoms with Crippen LogP contribution in [-0.4, -0.2) is 17.5 Å². The molecule has 146 valence electrons. The van der Waals surface area contributed by atoms with E-state index in [4.69, 9.17) is 9.72 Å². The number of fused-ring (bicyclic) bond motifs is 1. The lowest BCUT2D eigenvalue weighted by Crippen LogP contribution is -2.30. The summed E-state index contributed by atoms with van der Waals surface area (Å²) in [6, 6.07) is 23.5. The Hall–Kier alpha value is -2.45. The zero-order chi connectivity index (χ0) is 20.2. The van der Waals surface area contributed by atoms with Gasteiger partial charge in [0.1, 0.15) is 5.75 Å². The summed E-state index contributed by atoms with van der Waals surface area (Å²) >= 11 is 3.71. The summed E-state index contributed by atoms with van der Waals surface area (Å²) in [6.07, 6.45) is 0. The summed E-state index contributed by atoms with van der Waals surface area (Å²) in [7, 11) is 0. The van der Waals surface area contributed by atoms with Crippen molar-refractivity contribution in [3.63, 3.8) is 0 Å². The molecule has 4 nitrogen and oxygen atoms in total. The number of amides is 1. The molecule has 0 saturated heterocycles. The lowest BCUT2D eigenvalue weighted by atomic mass is 10.1. The second-order valence-corrected chi connectivity index (χ2v) is 8.59. The minimum absolute atomic E-state index is 0.0528. The van der Waals surface area contributed by atoms with Gasteiger partial charge < -0.3 is 4.74 Å². The van der Waals surface area contributed by atoms with Crippen LogP contribution in [0, 0.1) is 3.57 Å². The lowest BCUT2D eigenvalue weighted by Gasteiger charge is -2.20. The van der Waals surface area contributed by atoms with Crippen LogP contribution in [0.5, 0.6) is 5.75 Å². The Morgan fingerprint density at radius 3 is 2.59 bits per heavy atom. The fraction of sp³-hybridized carbons (Fsp3) is 0.130. The van der Waals surface area contributed by atoms with Crippen molar-refractivity contribution in [2.75, 3.05) is 11.5 Å². The molecule has 4 rings (SSSR count). The highest BCUT2D eigenvalue weighted by Crippen LogP contribution is 2.33. The summed E-state index contributed by atoms with van der Waals surface area (Å²) < 4.78 is 7.53. The molecule has 0 unspecified atom stereocenters. The van der Waals surface area contributed by atoms with Crippen LogP contribution in [0.3, 0.4) is 0 Å². The van der Waals surface area contributed by atoms with Gasteiger partial charge in [0.2, 0.25) is 0 Å². The van der Waals surface area contributed by atoms with Crippen molar-refractivity contribution in [2.45, 2.75) is 13.5 Å². The van der Waals surface area contributed by atoms with Crippen LogP contribution >= 0.6 is 33.9 Å². The third kappa shape index (κ3) is 4.43. The Balaban J connectivity index is 1.76. The normalized spacial score (nSPS) is 10.8. The van der Waals surface area contributed by atoms with Gasteiger partial charge in [-0.1, -0.05) is 53.8 Å². The molecule has 6 heteroatoms. The zero-order valence-electron chi connectivity index (χ0n) is 15.8. The highest BCUT2D eigenvalue weighted by atomic mass is 127. The molecule has 0 bridgehead atoms. The summed E-state index contributed by atoms with van der Waals surface area (Å²) in [5.74, 6) is 0.761. The highest BCUT2D eigenvalue weighted by molar-refractivity contribution is 14.1. The number of anilines is 1. The van der Waals surface area contributed by atoms with E-state index in [0.717, 1.165) is 25.1 Å². The largest absolute Gasteiger partial charge is 0.494 e. The maximum Gasteiger partial charge on any atom is 0.261 e. The van der Waals surface area contributed by atoms with Gasteiger partial charge in [-0.25, -0.2) is 4.98 Å². The molecule has 0 aliphatic carbocycles. The van der Waals surface area contributed by atoms with E-state index in [1.165, 1.54) is 11.3 Å². The molecular formula is C23H19IN2O2S. The van der Waals surface area contributed by atoms with Crippen molar-refractivity contribution in [2.24, 2.45) is 0 Å². The third-order valence-corrected chi connectivity index (χ3v) is 6.41. The van der Waals surface area contributed by atoms with E-state index < -0.39 is 0 Å². The first-order chi connectivity index (χ1) is 14.2. The predicted molar refractivity (Wildman–Crippen MR) is 127 cm³/mol. The number of carbonyl (C=O) groups is 1. The average molecular weight is 514 g/mol. The van der Waals surface area contributed by atoms with Gasteiger partial charge in [0.05, 0.1) is 28.9 Å². The Bertz CT molecular complexity index is 1140. The van der Waals surface area contributed by atoms with Gasteiger partial charge >= 0.3 is 0 Å². The molecule has 0 spiro atoms. The van der Waals surface area contributed by atoms with Gasteiger partial charge in [-0.05, 0) is 65.4 Å². The first-order valence-corrected chi connectivity index (χ1v) is 11.2. The van der Waals surface area contributed by atoms with Gasteiger partial charge in [0.15, 0.2) is 5.13 Å². The number of rotatable bonds is 6. The molecule has 29 heavy (non-hydrogen) atoms. The Kier molecular flexibility index (Phi) is 6.10. The highest BCUT2D eigenvalue weighted by Gasteiger charge is 2.23. The van der Waals surface area contributed by atoms with Gasteiger partial charge in [0, 0.05) is 3.57 Å². The van der Waals surface area contributed by atoms with Gasteiger partial charge in [0.25, 0.3) is 5.91 Å². The van der Waals surface area contributed by atoms with Crippen LogP contribution in [0.1, 0.15) is 22.8 Å². The molecule has 0 N–H and O–H groups in total.